The van der Waals surface area contributed by atoms with Gasteiger partial charge in [0, 0.05) is 30.7 Å². The highest BCUT2D eigenvalue weighted by Crippen LogP contribution is 2.40. The second-order valence-corrected chi connectivity index (χ2v) is 10.0. The average molecular weight is 512 g/mol. The third-order valence-corrected chi connectivity index (χ3v) is 6.80. The summed E-state index contributed by atoms with van der Waals surface area (Å²) < 4.78 is 44.3. The normalized spacial score (nSPS) is 14.3. The van der Waals surface area contributed by atoms with E-state index in [9.17, 15) is 18.0 Å². The Morgan fingerprint density at radius 3 is 2.59 bits per heavy atom. The topological polar surface area (TPSA) is 89.7 Å². The largest absolute Gasteiger partial charge is 0.399 e. The molecule has 0 radical (unpaired) electrons. The molecule has 1 aliphatic rings. The van der Waals surface area contributed by atoms with Gasteiger partial charge in [-0.25, -0.2) is 14.3 Å². The van der Waals surface area contributed by atoms with Crippen molar-refractivity contribution in [1.29, 1.82) is 0 Å². The molecule has 8 nitrogen and oxygen atoms in total. The van der Waals surface area contributed by atoms with E-state index in [0.29, 0.717) is 11.3 Å². The van der Waals surface area contributed by atoms with Crippen LogP contribution in [0.1, 0.15) is 50.6 Å². The Morgan fingerprint density at radius 2 is 1.86 bits per heavy atom. The molecule has 0 bridgehead atoms. The van der Waals surface area contributed by atoms with Crippen LogP contribution in [-0.2, 0) is 18.4 Å². The maximum Gasteiger partial charge on any atom is 0.399 e. The van der Waals surface area contributed by atoms with Gasteiger partial charge in [0.05, 0.1) is 11.4 Å². The zero-order chi connectivity index (χ0) is 26.5. The monoisotopic (exact) mass is 511 g/mol. The first-order chi connectivity index (χ1) is 17.5. The number of hydrogen-bond acceptors (Lipinski definition) is 6. The second-order valence-electron chi connectivity index (χ2n) is 10.0. The van der Waals surface area contributed by atoms with Crippen molar-refractivity contribution in [3.63, 3.8) is 0 Å². The number of aromatic nitrogens is 5. The molecule has 0 spiro atoms. The quantitative estimate of drug-likeness (QED) is 0.401. The Balaban J connectivity index is 1.63. The predicted octanol–water partition coefficient (Wildman–Crippen LogP) is 4.79. The van der Waals surface area contributed by atoms with Gasteiger partial charge in [-0.1, -0.05) is 6.07 Å². The number of fused-ring (bicyclic) bond motifs is 2. The summed E-state index contributed by atoms with van der Waals surface area (Å²) in [5.74, 6) is 0.279. The van der Waals surface area contributed by atoms with Crippen molar-refractivity contribution in [2.45, 2.75) is 58.3 Å². The molecule has 0 saturated carbocycles. The van der Waals surface area contributed by atoms with Crippen LogP contribution in [0, 0.1) is 0 Å². The molecule has 0 saturated heterocycles. The molecular formula is C26H28F3N7O. The number of rotatable bonds is 5. The molecule has 0 atom stereocenters. The Bertz CT molecular complexity index is 1540. The summed E-state index contributed by atoms with van der Waals surface area (Å²) in [7, 11) is 0. The van der Waals surface area contributed by atoms with Gasteiger partial charge in [-0.05, 0) is 76.1 Å². The summed E-state index contributed by atoms with van der Waals surface area (Å²) in [5, 5.41) is 6.82. The van der Waals surface area contributed by atoms with E-state index in [1.165, 1.54) is 34.3 Å². The van der Waals surface area contributed by atoms with Gasteiger partial charge in [-0.3, -0.25) is 9.78 Å². The van der Waals surface area contributed by atoms with Gasteiger partial charge in [-0.15, -0.1) is 0 Å². The van der Waals surface area contributed by atoms with E-state index in [0.717, 1.165) is 39.0 Å². The second kappa shape index (κ2) is 8.98. The number of anilines is 2. The molecule has 3 aromatic heterocycles. The van der Waals surface area contributed by atoms with E-state index in [4.69, 9.17) is 0 Å². The fourth-order valence-electron chi connectivity index (χ4n) is 4.50. The molecular weight excluding hydrogens is 483 g/mol. The molecule has 5 rings (SSSR count). The van der Waals surface area contributed by atoms with E-state index in [2.05, 4.69) is 37.7 Å². The van der Waals surface area contributed by atoms with Crippen LogP contribution in [0.5, 0.6) is 0 Å². The lowest BCUT2D eigenvalue weighted by atomic mass is 9.88. The molecule has 4 aromatic rings. The molecule has 0 fully saturated rings. The minimum Gasteiger partial charge on any atom is -0.324 e. The minimum absolute atomic E-state index is 0.155. The summed E-state index contributed by atoms with van der Waals surface area (Å²) in [6.07, 6.45) is -0.812. The maximum atomic E-state index is 13.7. The molecule has 194 valence electrons. The smallest absolute Gasteiger partial charge is 0.324 e. The fourth-order valence-corrected chi connectivity index (χ4v) is 4.50. The summed E-state index contributed by atoms with van der Waals surface area (Å²) in [6, 6.07) is 8.69. The highest BCUT2D eigenvalue weighted by atomic mass is 19.4. The molecule has 1 aliphatic heterocycles. The van der Waals surface area contributed by atoms with Crippen LogP contribution in [0.25, 0.3) is 16.7 Å². The molecule has 2 N–H and O–H groups in total. The van der Waals surface area contributed by atoms with Gasteiger partial charge < -0.3 is 10.6 Å². The standard InChI is InChI=1S/C26H28F3N7O/c1-15(2)35-23(37)20-14-32-24(33-18-6-5-17-13-30-9-7-16(17)11-18)34-22(20)36(35)19-8-10-31-21(12-19)25(3,4)26(27,28)29/h5-6,8,10-12,14-15,30H,7,9,13H2,1-4H3,(H,32,33,34). The summed E-state index contributed by atoms with van der Waals surface area (Å²) in [5.41, 5.74) is 1.28. The highest BCUT2D eigenvalue weighted by Gasteiger charge is 2.49. The number of benzene rings is 1. The van der Waals surface area contributed by atoms with Gasteiger partial charge in [0.15, 0.2) is 5.65 Å². The molecule has 0 unspecified atom stereocenters. The predicted molar refractivity (Wildman–Crippen MR) is 136 cm³/mol. The fraction of sp³-hybridized carbons (Fsp3) is 0.385. The number of nitrogens with one attached hydrogen (secondary N) is 2. The van der Waals surface area contributed by atoms with Crippen LogP contribution < -0.4 is 16.2 Å². The Morgan fingerprint density at radius 1 is 1.08 bits per heavy atom. The van der Waals surface area contributed by atoms with Gasteiger partial charge in [-0.2, -0.15) is 18.2 Å². The van der Waals surface area contributed by atoms with Crippen molar-refractivity contribution in [1.82, 2.24) is 29.6 Å². The Labute approximate surface area is 211 Å². The first kappa shape index (κ1) is 24.9. The van der Waals surface area contributed by atoms with Crippen LogP contribution in [0.15, 0.2) is 47.5 Å². The highest BCUT2D eigenvalue weighted by molar-refractivity contribution is 5.77. The zero-order valence-electron chi connectivity index (χ0n) is 21.0. The van der Waals surface area contributed by atoms with E-state index in [1.807, 2.05) is 19.9 Å². The van der Waals surface area contributed by atoms with Crippen LogP contribution in [0.2, 0.25) is 0 Å². The number of hydrogen-bond donors (Lipinski definition) is 2. The van der Waals surface area contributed by atoms with Crippen LogP contribution >= 0.6 is 0 Å². The molecule has 37 heavy (non-hydrogen) atoms. The van der Waals surface area contributed by atoms with E-state index in [1.54, 1.807) is 10.7 Å². The third-order valence-electron chi connectivity index (χ3n) is 6.80. The van der Waals surface area contributed by atoms with Crippen LogP contribution in [-0.4, -0.2) is 37.0 Å². The van der Waals surface area contributed by atoms with Crippen LogP contribution in [0.3, 0.4) is 0 Å². The first-order valence-electron chi connectivity index (χ1n) is 12.1. The minimum atomic E-state index is -4.50. The van der Waals surface area contributed by atoms with Gasteiger partial charge in [0.2, 0.25) is 5.95 Å². The summed E-state index contributed by atoms with van der Waals surface area (Å²) >= 11 is 0. The molecule has 0 aliphatic carbocycles. The van der Waals surface area contributed by atoms with Gasteiger partial charge >= 0.3 is 6.18 Å². The Kier molecular flexibility index (Phi) is 6.06. The number of halogens is 3. The van der Waals surface area contributed by atoms with Crippen molar-refractivity contribution in [2.24, 2.45) is 0 Å². The van der Waals surface area contributed by atoms with E-state index >= 15 is 0 Å². The lowest BCUT2D eigenvalue weighted by Crippen LogP contribution is -2.37. The summed E-state index contributed by atoms with van der Waals surface area (Å²) in [4.78, 5) is 26.3. The average Bonchev–Trinajstić information content (AvgIpc) is 3.15. The zero-order valence-corrected chi connectivity index (χ0v) is 21.0. The van der Waals surface area contributed by atoms with Crippen molar-refractivity contribution in [3.05, 3.63) is 69.9 Å². The lowest BCUT2D eigenvalue weighted by molar-refractivity contribution is -0.181. The molecule has 11 heteroatoms. The van der Waals surface area contributed by atoms with E-state index in [-0.39, 0.29) is 28.6 Å². The van der Waals surface area contributed by atoms with Gasteiger partial charge in [0.25, 0.3) is 5.56 Å². The summed E-state index contributed by atoms with van der Waals surface area (Å²) in [6.45, 7) is 7.56. The van der Waals surface area contributed by atoms with Crippen molar-refractivity contribution < 1.29 is 13.2 Å². The van der Waals surface area contributed by atoms with Crippen molar-refractivity contribution >= 4 is 22.7 Å². The number of nitrogens with zero attached hydrogens (tertiary/aromatic N) is 5. The Hall–Kier alpha value is -3.73. The third kappa shape index (κ3) is 4.37. The molecule has 4 heterocycles. The first-order valence-corrected chi connectivity index (χ1v) is 12.1. The van der Waals surface area contributed by atoms with Crippen LogP contribution in [0.4, 0.5) is 24.8 Å². The van der Waals surface area contributed by atoms with Gasteiger partial charge in [0.1, 0.15) is 10.8 Å². The van der Waals surface area contributed by atoms with E-state index < -0.39 is 11.6 Å². The number of alkyl halides is 3. The SMILES string of the molecule is CC(C)n1c(=O)c2cnc(Nc3ccc4c(c3)CCNC4)nc2n1-c1ccnc(C(C)(C)C(F)(F)F)c1. The maximum absolute atomic E-state index is 13.7. The van der Waals surface area contributed by atoms with Crippen molar-refractivity contribution in [3.8, 4) is 5.69 Å². The number of pyridine rings is 1. The van der Waals surface area contributed by atoms with Crippen molar-refractivity contribution in [2.75, 3.05) is 11.9 Å². The lowest BCUT2D eigenvalue weighted by Gasteiger charge is -2.27. The molecule has 0 amide bonds. The molecule has 1 aromatic carbocycles.